The quantitative estimate of drug-likeness (QED) is 0.586. The molecule has 1 atom stereocenters. The van der Waals surface area contributed by atoms with Crippen molar-refractivity contribution >= 4 is 27.5 Å². The predicted octanol–water partition coefficient (Wildman–Crippen LogP) is 2.32. The van der Waals surface area contributed by atoms with E-state index in [0.29, 0.717) is 12.4 Å². The van der Waals surface area contributed by atoms with Gasteiger partial charge in [0.15, 0.2) is 0 Å². The molecule has 0 aromatic heterocycles. The van der Waals surface area contributed by atoms with Crippen LogP contribution in [0.4, 0.5) is 5.69 Å². The monoisotopic (exact) mass is 461 g/mol. The van der Waals surface area contributed by atoms with Crippen LogP contribution in [0.2, 0.25) is 0 Å². The molecule has 174 valence electrons. The largest absolute Gasteiger partial charge is 0.492 e. The predicted molar refractivity (Wildman–Crippen MR) is 125 cm³/mol. The number of hydrogen-bond acceptors (Lipinski definition) is 5. The number of para-hydroxylation sites is 2. The summed E-state index contributed by atoms with van der Waals surface area (Å²) in [5.41, 5.74) is 2.18. The number of nitrogens with one attached hydrogen (secondary N) is 1. The first-order valence-electron chi connectivity index (χ1n) is 10.3. The fourth-order valence-electron chi connectivity index (χ4n) is 3.22. The molecule has 0 heterocycles. The Balaban J connectivity index is 2.41. The molecule has 0 spiro atoms. The Hall–Kier alpha value is -3.07. The molecular formula is C23H31N3O5S. The lowest BCUT2D eigenvalue weighted by molar-refractivity contribution is -0.139. The number of sulfonamides is 1. The van der Waals surface area contributed by atoms with Gasteiger partial charge in [0.2, 0.25) is 21.8 Å². The third kappa shape index (κ3) is 6.46. The van der Waals surface area contributed by atoms with Crippen LogP contribution in [0.15, 0.2) is 48.5 Å². The molecule has 0 radical (unpaired) electrons. The molecule has 32 heavy (non-hydrogen) atoms. The highest BCUT2D eigenvalue weighted by Crippen LogP contribution is 2.30. The molecular weight excluding hydrogens is 430 g/mol. The lowest BCUT2D eigenvalue weighted by Gasteiger charge is -2.31. The minimum Gasteiger partial charge on any atom is -0.492 e. The van der Waals surface area contributed by atoms with Crippen molar-refractivity contribution in [1.82, 2.24) is 10.2 Å². The summed E-state index contributed by atoms with van der Waals surface area (Å²) < 4.78 is 31.8. The summed E-state index contributed by atoms with van der Waals surface area (Å²) in [7, 11) is -2.32. The van der Waals surface area contributed by atoms with Crippen LogP contribution in [-0.2, 0) is 26.2 Å². The average molecular weight is 462 g/mol. The number of rotatable bonds is 10. The molecule has 0 unspecified atom stereocenters. The Morgan fingerprint density at radius 1 is 1.09 bits per heavy atom. The minimum absolute atomic E-state index is 0.165. The van der Waals surface area contributed by atoms with Gasteiger partial charge in [0, 0.05) is 13.6 Å². The third-order valence-electron chi connectivity index (χ3n) is 5.00. The lowest BCUT2D eigenvalue weighted by Crippen LogP contribution is -2.50. The van der Waals surface area contributed by atoms with E-state index in [1.165, 1.54) is 11.9 Å². The summed E-state index contributed by atoms with van der Waals surface area (Å²) in [6.07, 6.45) is 1.04. The van der Waals surface area contributed by atoms with Gasteiger partial charge in [-0.25, -0.2) is 8.42 Å². The highest BCUT2D eigenvalue weighted by Gasteiger charge is 2.30. The normalized spacial score (nSPS) is 12.0. The van der Waals surface area contributed by atoms with E-state index < -0.39 is 28.5 Å². The topological polar surface area (TPSA) is 96.0 Å². The van der Waals surface area contributed by atoms with Gasteiger partial charge in [0.05, 0.1) is 18.6 Å². The molecule has 0 saturated heterocycles. The number of likely N-dealkylation sites (N-methyl/N-ethyl adjacent to an activating group) is 1. The molecule has 0 aliphatic heterocycles. The second-order valence-electron chi connectivity index (χ2n) is 7.47. The maximum absolute atomic E-state index is 13.4. The van der Waals surface area contributed by atoms with Crippen molar-refractivity contribution in [2.75, 3.05) is 30.8 Å². The molecule has 0 saturated carbocycles. The number of anilines is 1. The highest BCUT2D eigenvalue weighted by molar-refractivity contribution is 7.92. The van der Waals surface area contributed by atoms with Gasteiger partial charge >= 0.3 is 0 Å². The van der Waals surface area contributed by atoms with Crippen molar-refractivity contribution in [3.05, 3.63) is 59.7 Å². The standard InChI is InChI=1S/C23H31N3O5S/c1-6-31-21-10-8-7-9-20(21)26(32(5,29)30)16-22(27)25(18(3)23(28)24-4)15-19-13-11-17(2)12-14-19/h7-14,18H,6,15-16H2,1-5H3,(H,24,28)/t18-/m0/s1. The Morgan fingerprint density at radius 2 is 1.72 bits per heavy atom. The smallest absolute Gasteiger partial charge is 0.244 e. The third-order valence-corrected chi connectivity index (χ3v) is 6.13. The van der Waals surface area contributed by atoms with Gasteiger partial charge in [-0.3, -0.25) is 13.9 Å². The molecule has 2 aromatic rings. The summed E-state index contributed by atoms with van der Waals surface area (Å²) in [6.45, 7) is 5.41. The summed E-state index contributed by atoms with van der Waals surface area (Å²) in [4.78, 5) is 27.1. The molecule has 0 aliphatic rings. The summed E-state index contributed by atoms with van der Waals surface area (Å²) in [6, 6.07) is 13.5. The van der Waals surface area contributed by atoms with E-state index >= 15 is 0 Å². The zero-order chi connectivity index (χ0) is 23.9. The van der Waals surface area contributed by atoms with Gasteiger partial charge in [0.1, 0.15) is 18.3 Å². The van der Waals surface area contributed by atoms with Crippen LogP contribution in [0.3, 0.4) is 0 Å². The minimum atomic E-state index is -3.81. The number of carbonyl (C=O) groups excluding carboxylic acids is 2. The zero-order valence-corrected chi connectivity index (χ0v) is 20.0. The van der Waals surface area contributed by atoms with Gasteiger partial charge in [-0.05, 0) is 38.5 Å². The molecule has 9 heteroatoms. The number of amides is 2. The maximum atomic E-state index is 13.4. The van der Waals surface area contributed by atoms with Crippen LogP contribution in [0.5, 0.6) is 5.75 Å². The lowest BCUT2D eigenvalue weighted by atomic mass is 10.1. The first-order valence-corrected chi connectivity index (χ1v) is 12.2. The van der Waals surface area contributed by atoms with E-state index in [4.69, 9.17) is 4.74 Å². The van der Waals surface area contributed by atoms with Crippen molar-refractivity contribution in [1.29, 1.82) is 0 Å². The van der Waals surface area contributed by atoms with E-state index in [9.17, 15) is 18.0 Å². The number of hydrogen-bond donors (Lipinski definition) is 1. The van der Waals surface area contributed by atoms with E-state index in [2.05, 4.69) is 5.32 Å². The first kappa shape index (κ1) is 25.2. The fourth-order valence-corrected chi connectivity index (χ4v) is 4.07. The summed E-state index contributed by atoms with van der Waals surface area (Å²) in [5.74, 6) is -0.484. The molecule has 2 amide bonds. The number of benzene rings is 2. The molecule has 8 nitrogen and oxygen atoms in total. The van der Waals surface area contributed by atoms with E-state index in [1.807, 2.05) is 31.2 Å². The van der Waals surface area contributed by atoms with Gasteiger partial charge < -0.3 is 15.0 Å². The Labute approximate surface area is 190 Å². The van der Waals surface area contributed by atoms with Crippen molar-refractivity contribution < 1.29 is 22.7 Å². The van der Waals surface area contributed by atoms with Crippen LogP contribution in [0, 0.1) is 6.92 Å². The SMILES string of the molecule is CCOc1ccccc1N(CC(=O)N(Cc1ccc(C)cc1)[C@@H](C)C(=O)NC)S(C)(=O)=O. The summed E-state index contributed by atoms with van der Waals surface area (Å²) >= 11 is 0. The zero-order valence-electron chi connectivity index (χ0n) is 19.2. The van der Waals surface area contributed by atoms with Crippen molar-refractivity contribution in [3.63, 3.8) is 0 Å². The van der Waals surface area contributed by atoms with E-state index in [-0.39, 0.29) is 18.1 Å². The van der Waals surface area contributed by atoms with Crippen LogP contribution in [0.1, 0.15) is 25.0 Å². The molecule has 1 N–H and O–H groups in total. The van der Waals surface area contributed by atoms with E-state index in [1.54, 1.807) is 38.1 Å². The fraction of sp³-hybridized carbons (Fsp3) is 0.391. The van der Waals surface area contributed by atoms with E-state index in [0.717, 1.165) is 21.7 Å². The van der Waals surface area contributed by atoms with Gasteiger partial charge in [0.25, 0.3) is 0 Å². The Morgan fingerprint density at radius 3 is 2.28 bits per heavy atom. The molecule has 0 bridgehead atoms. The van der Waals surface area contributed by atoms with Crippen LogP contribution in [0.25, 0.3) is 0 Å². The van der Waals surface area contributed by atoms with Crippen LogP contribution < -0.4 is 14.4 Å². The molecule has 0 fully saturated rings. The molecule has 2 rings (SSSR count). The molecule has 2 aromatic carbocycles. The van der Waals surface area contributed by atoms with Crippen molar-refractivity contribution in [2.24, 2.45) is 0 Å². The highest BCUT2D eigenvalue weighted by atomic mass is 32.2. The Bertz CT molecular complexity index is 1040. The van der Waals surface area contributed by atoms with Crippen molar-refractivity contribution in [2.45, 2.75) is 33.4 Å². The van der Waals surface area contributed by atoms with Gasteiger partial charge in [-0.15, -0.1) is 0 Å². The Kier molecular flexibility index (Phi) is 8.65. The number of ether oxygens (including phenoxy) is 1. The molecule has 0 aliphatic carbocycles. The van der Waals surface area contributed by atoms with Crippen LogP contribution in [-0.4, -0.2) is 57.6 Å². The van der Waals surface area contributed by atoms with Gasteiger partial charge in [-0.1, -0.05) is 42.0 Å². The second-order valence-corrected chi connectivity index (χ2v) is 9.37. The first-order chi connectivity index (χ1) is 15.1. The number of carbonyl (C=O) groups is 2. The average Bonchev–Trinajstić information content (AvgIpc) is 2.76. The summed E-state index contributed by atoms with van der Waals surface area (Å²) in [5, 5.41) is 2.55. The van der Waals surface area contributed by atoms with Crippen LogP contribution >= 0.6 is 0 Å². The van der Waals surface area contributed by atoms with Crippen molar-refractivity contribution in [3.8, 4) is 5.75 Å². The number of aryl methyl sites for hydroxylation is 1. The van der Waals surface area contributed by atoms with Gasteiger partial charge in [-0.2, -0.15) is 0 Å². The maximum Gasteiger partial charge on any atom is 0.244 e. The second kappa shape index (κ2) is 11.0. The number of nitrogens with zero attached hydrogens (tertiary/aromatic N) is 2.